The first-order chi connectivity index (χ1) is 9.12. The van der Waals surface area contributed by atoms with Gasteiger partial charge in [0.25, 0.3) is 0 Å². The molecule has 0 fully saturated rings. The minimum atomic E-state index is -4.39. The van der Waals surface area contributed by atoms with Crippen LogP contribution >= 0.6 is 0 Å². The Morgan fingerprint density at radius 3 is 2.35 bits per heavy atom. The van der Waals surface area contributed by atoms with Gasteiger partial charge in [-0.15, -0.1) is 0 Å². The molecule has 6 heteroatoms. The average molecular weight is 288 g/mol. The van der Waals surface area contributed by atoms with Crippen LogP contribution in [0.15, 0.2) is 24.3 Å². The molecule has 1 rings (SSSR count). The van der Waals surface area contributed by atoms with Crippen LogP contribution in [0.2, 0.25) is 0 Å². The fourth-order valence-electron chi connectivity index (χ4n) is 1.68. The smallest absolute Gasteiger partial charge is 0.348 e. The van der Waals surface area contributed by atoms with Gasteiger partial charge in [0.1, 0.15) is 0 Å². The normalized spacial score (nSPS) is 15.0. The zero-order chi connectivity index (χ0) is 15.5. The highest BCUT2D eigenvalue weighted by molar-refractivity contribution is 5.82. The molecule has 3 N–H and O–H groups in total. The predicted octanol–water partition coefficient (Wildman–Crippen LogP) is 2.87. The molecule has 1 amide bonds. The van der Waals surface area contributed by atoms with Crippen LogP contribution in [0.1, 0.15) is 37.9 Å². The van der Waals surface area contributed by atoms with Gasteiger partial charge in [-0.3, -0.25) is 4.79 Å². The fourth-order valence-corrected chi connectivity index (χ4v) is 1.68. The number of carbonyl (C=O) groups excluding carboxylic acids is 1. The second kappa shape index (κ2) is 6.26. The van der Waals surface area contributed by atoms with Crippen molar-refractivity contribution in [3.63, 3.8) is 0 Å². The molecule has 1 aromatic rings. The van der Waals surface area contributed by atoms with Gasteiger partial charge in [-0.25, -0.2) is 0 Å². The Morgan fingerprint density at radius 2 is 1.85 bits per heavy atom. The lowest BCUT2D eigenvalue weighted by molar-refractivity contribution is -0.137. The summed E-state index contributed by atoms with van der Waals surface area (Å²) in [5.41, 5.74) is 5.35. The van der Waals surface area contributed by atoms with Crippen LogP contribution in [-0.4, -0.2) is 11.9 Å². The molecule has 0 radical (unpaired) electrons. The van der Waals surface area contributed by atoms with Crippen LogP contribution in [0, 0.1) is 5.92 Å². The van der Waals surface area contributed by atoms with Crippen molar-refractivity contribution in [3.05, 3.63) is 35.4 Å². The van der Waals surface area contributed by atoms with Gasteiger partial charge in [-0.2, -0.15) is 13.2 Å². The second-order valence-corrected chi connectivity index (χ2v) is 5.12. The van der Waals surface area contributed by atoms with E-state index in [0.29, 0.717) is 5.56 Å². The van der Waals surface area contributed by atoms with Crippen molar-refractivity contribution in [2.24, 2.45) is 11.7 Å². The summed E-state index contributed by atoms with van der Waals surface area (Å²) < 4.78 is 37.9. The summed E-state index contributed by atoms with van der Waals surface area (Å²) in [7, 11) is 0. The van der Waals surface area contributed by atoms with Crippen LogP contribution < -0.4 is 11.1 Å². The van der Waals surface area contributed by atoms with Crippen molar-refractivity contribution >= 4 is 5.91 Å². The summed E-state index contributed by atoms with van der Waals surface area (Å²) in [4.78, 5) is 11.8. The molecule has 2 atom stereocenters. The molecular weight excluding hydrogens is 269 g/mol. The Kier molecular flexibility index (Phi) is 5.16. The molecule has 0 aliphatic carbocycles. The van der Waals surface area contributed by atoms with E-state index in [0.717, 1.165) is 12.1 Å². The van der Waals surface area contributed by atoms with E-state index < -0.39 is 23.8 Å². The molecule has 1 aromatic carbocycles. The minimum absolute atomic E-state index is 0.0382. The number of benzene rings is 1. The summed E-state index contributed by atoms with van der Waals surface area (Å²) in [5.74, 6) is -0.409. The molecule has 0 aliphatic heterocycles. The Morgan fingerprint density at radius 1 is 1.25 bits per heavy atom. The first-order valence-electron chi connectivity index (χ1n) is 6.36. The van der Waals surface area contributed by atoms with Gasteiger partial charge in [0.05, 0.1) is 17.6 Å². The Labute approximate surface area is 116 Å². The van der Waals surface area contributed by atoms with E-state index in [4.69, 9.17) is 5.73 Å². The van der Waals surface area contributed by atoms with Crippen molar-refractivity contribution in [3.8, 4) is 0 Å². The monoisotopic (exact) mass is 288 g/mol. The van der Waals surface area contributed by atoms with E-state index in [-0.39, 0.29) is 11.8 Å². The first kappa shape index (κ1) is 16.5. The Hall–Kier alpha value is -1.56. The molecular formula is C14H19F3N2O. The summed E-state index contributed by atoms with van der Waals surface area (Å²) in [6, 6.07) is 3.69. The number of hydrogen-bond donors (Lipinski definition) is 2. The molecule has 20 heavy (non-hydrogen) atoms. The zero-order valence-corrected chi connectivity index (χ0v) is 11.7. The molecule has 0 bridgehead atoms. The molecule has 1 unspecified atom stereocenters. The van der Waals surface area contributed by atoms with Gasteiger partial charge in [0, 0.05) is 0 Å². The van der Waals surface area contributed by atoms with E-state index in [1.807, 2.05) is 0 Å². The topological polar surface area (TPSA) is 55.1 Å². The summed E-state index contributed by atoms with van der Waals surface area (Å²) >= 11 is 0. The van der Waals surface area contributed by atoms with E-state index in [9.17, 15) is 18.0 Å². The third-order valence-corrected chi connectivity index (χ3v) is 3.09. The molecule has 3 nitrogen and oxygen atoms in total. The lowest BCUT2D eigenvalue weighted by atomic mass is 10.0. The molecule has 0 heterocycles. The molecule has 0 aliphatic rings. The quantitative estimate of drug-likeness (QED) is 0.895. The van der Waals surface area contributed by atoms with Crippen molar-refractivity contribution in [2.45, 2.75) is 39.0 Å². The third kappa shape index (κ3) is 4.23. The summed E-state index contributed by atoms with van der Waals surface area (Å²) in [6.45, 7) is 5.23. The van der Waals surface area contributed by atoms with Crippen molar-refractivity contribution in [2.75, 3.05) is 0 Å². The number of rotatable bonds is 4. The Bertz CT molecular complexity index is 472. The minimum Gasteiger partial charge on any atom is -0.348 e. The number of alkyl halides is 3. The van der Waals surface area contributed by atoms with Crippen LogP contribution in [0.5, 0.6) is 0 Å². The van der Waals surface area contributed by atoms with E-state index in [2.05, 4.69) is 5.32 Å². The van der Waals surface area contributed by atoms with E-state index in [1.165, 1.54) is 6.07 Å². The standard InChI is InChI=1S/C14H19F3N2O/c1-8(2)12(18)13(20)19-9(3)10-5-4-6-11(7-10)14(15,16)17/h4-9,12H,18H2,1-3H3,(H,19,20)/t9?,12-/m0/s1. The highest BCUT2D eigenvalue weighted by Gasteiger charge is 2.31. The maximum atomic E-state index is 12.6. The summed E-state index contributed by atoms with van der Waals surface area (Å²) in [5, 5.41) is 2.62. The number of carbonyl (C=O) groups is 1. The second-order valence-electron chi connectivity index (χ2n) is 5.12. The fraction of sp³-hybridized carbons (Fsp3) is 0.500. The SMILES string of the molecule is CC(NC(=O)[C@@H](N)C(C)C)c1cccc(C(F)(F)F)c1. The first-order valence-corrected chi connectivity index (χ1v) is 6.36. The van der Waals surface area contributed by atoms with Crippen molar-refractivity contribution in [1.29, 1.82) is 0 Å². The predicted molar refractivity (Wildman–Crippen MR) is 70.8 cm³/mol. The van der Waals surface area contributed by atoms with Gasteiger partial charge in [-0.1, -0.05) is 26.0 Å². The molecule has 0 saturated carbocycles. The van der Waals surface area contributed by atoms with Crippen LogP contribution in [0.25, 0.3) is 0 Å². The van der Waals surface area contributed by atoms with Gasteiger partial charge in [-0.05, 0) is 30.5 Å². The summed E-state index contributed by atoms with van der Waals surface area (Å²) in [6.07, 6.45) is -4.39. The number of hydrogen-bond acceptors (Lipinski definition) is 2. The lowest BCUT2D eigenvalue weighted by Crippen LogP contribution is -2.44. The van der Waals surface area contributed by atoms with Crippen molar-refractivity contribution < 1.29 is 18.0 Å². The van der Waals surface area contributed by atoms with Crippen LogP contribution in [0.3, 0.4) is 0 Å². The maximum Gasteiger partial charge on any atom is 0.416 e. The largest absolute Gasteiger partial charge is 0.416 e. The van der Waals surface area contributed by atoms with Crippen LogP contribution in [0.4, 0.5) is 13.2 Å². The van der Waals surface area contributed by atoms with Gasteiger partial charge in [0.15, 0.2) is 0 Å². The van der Waals surface area contributed by atoms with E-state index in [1.54, 1.807) is 26.8 Å². The average Bonchev–Trinajstić information content (AvgIpc) is 2.36. The highest BCUT2D eigenvalue weighted by atomic mass is 19.4. The van der Waals surface area contributed by atoms with Gasteiger partial charge < -0.3 is 11.1 Å². The van der Waals surface area contributed by atoms with Crippen LogP contribution in [-0.2, 0) is 11.0 Å². The lowest BCUT2D eigenvalue weighted by Gasteiger charge is -2.20. The zero-order valence-electron chi connectivity index (χ0n) is 11.7. The number of halogens is 3. The number of nitrogens with one attached hydrogen (secondary N) is 1. The Balaban J connectivity index is 2.83. The third-order valence-electron chi connectivity index (χ3n) is 3.09. The van der Waals surface area contributed by atoms with E-state index >= 15 is 0 Å². The van der Waals surface area contributed by atoms with Crippen molar-refractivity contribution in [1.82, 2.24) is 5.32 Å². The molecule has 0 spiro atoms. The maximum absolute atomic E-state index is 12.6. The number of nitrogens with two attached hydrogens (primary N) is 1. The molecule has 0 saturated heterocycles. The van der Waals surface area contributed by atoms with Gasteiger partial charge >= 0.3 is 6.18 Å². The molecule has 112 valence electrons. The van der Waals surface area contributed by atoms with Gasteiger partial charge in [0.2, 0.25) is 5.91 Å². The molecule has 0 aromatic heterocycles. The highest BCUT2D eigenvalue weighted by Crippen LogP contribution is 2.30. The number of amides is 1.